The first-order chi connectivity index (χ1) is 8.36. The summed E-state index contributed by atoms with van der Waals surface area (Å²) < 4.78 is 5.56. The van der Waals surface area contributed by atoms with Crippen LogP contribution < -0.4 is 10.2 Å². The molecule has 0 aliphatic carbocycles. The number of hydrogen-bond donors (Lipinski definition) is 1. The van der Waals surface area contributed by atoms with E-state index >= 15 is 0 Å². The Hall–Kier alpha value is -1.26. The zero-order valence-electron chi connectivity index (χ0n) is 10.4. The lowest BCUT2D eigenvalue weighted by Gasteiger charge is -2.32. The van der Waals surface area contributed by atoms with Gasteiger partial charge in [0.25, 0.3) is 0 Å². The minimum absolute atomic E-state index is 0. The summed E-state index contributed by atoms with van der Waals surface area (Å²) in [4.78, 5) is 6.59. The Morgan fingerprint density at radius 1 is 1.33 bits per heavy atom. The predicted octanol–water partition coefficient (Wildman–Crippen LogP) is 2.44. The molecule has 0 saturated carbocycles. The third kappa shape index (κ3) is 2.31. The molecule has 2 aromatic rings. The van der Waals surface area contributed by atoms with Crippen molar-refractivity contribution < 1.29 is 4.42 Å². The number of fused-ring (bicyclic) bond motifs is 1. The first-order valence-electron chi connectivity index (χ1n) is 6.11. The molecule has 0 amide bonds. The molecule has 1 N–H and O–H groups in total. The number of halogens is 1. The second-order valence-electron chi connectivity index (χ2n) is 4.59. The van der Waals surface area contributed by atoms with Crippen LogP contribution in [0.3, 0.4) is 0 Å². The summed E-state index contributed by atoms with van der Waals surface area (Å²) in [6.45, 7) is 2.19. The molecule has 3 rings (SSSR count). The molecule has 5 heteroatoms. The van der Waals surface area contributed by atoms with Crippen molar-refractivity contribution in [3.8, 4) is 0 Å². The topological polar surface area (TPSA) is 41.3 Å². The van der Waals surface area contributed by atoms with Crippen LogP contribution >= 0.6 is 12.4 Å². The Morgan fingerprint density at radius 2 is 2.11 bits per heavy atom. The number of aromatic nitrogens is 1. The summed E-state index contributed by atoms with van der Waals surface area (Å²) in [7, 11) is 2.13. The minimum Gasteiger partial charge on any atom is -0.462 e. The Balaban J connectivity index is 0.00000120. The first kappa shape index (κ1) is 13.2. The molecular weight excluding hydrogens is 250 g/mol. The highest BCUT2D eigenvalue weighted by atomic mass is 35.5. The smallest absolute Gasteiger partial charge is 0.160 e. The normalized spacial score (nSPS) is 16.5. The maximum atomic E-state index is 5.56. The number of nitrogens with one attached hydrogen (secondary N) is 1. The maximum absolute atomic E-state index is 5.56. The lowest BCUT2D eigenvalue weighted by molar-refractivity contribution is 0.442. The van der Waals surface area contributed by atoms with E-state index in [1.54, 1.807) is 6.26 Å². The highest BCUT2D eigenvalue weighted by Crippen LogP contribution is 2.28. The van der Waals surface area contributed by atoms with Crippen LogP contribution in [0, 0.1) is 0 Å². The van der Waals surface area contributed by atoms with Gasteiger partial charge >= 0.3 is 0 Å². The average molecular weight is 268 g/mol. The third-order valence-corrected chi connectivity index (χ3v) is 3.58. The number of furan rings is 1. The number of anilines is 1. The Morgan fingerprint density at radius 3 is 2.89 bits per heavy atom. The molecule has 0 atom stereocenters. The summed E-state index contributed by atoms with van der Waals surface area (Å²) >= 11 is 0. The van der Waals surface area contributed by atoms with Gasteiger partial charge in [-0.3, -0.25) is 4.98 Å². The van der Waals surface area contributed by atoms with Gasteiger partial charge < -0.3 is 14.6 Å². The van der Waals surface area contributed by atoms with E-state index in [4.69, 9.17) is 4.42 Å². The number of rotatable bonds is 2. The van der Waals surface area contributed by atoms with Crippen LogP contribution in [0.4, 0.5) is 5.69 Å². The Bertz CT molecular complexity index is 508. The predicted molar refractivity (Wildman–Crippen MR) is 75.6 cm³/mol. The fraction of sp³-hybridized carbons (Fsp3) is 0.462. The van der Waals surface area contributed by atoms with Gasteiger partial charge in [0.05, 0.1) is 18.1 Å². The zero-order valence-corrected chi connectivity index (χ0v) is 11.2. The van der Waals surface area contributed by atoms with E-state index in [1.807, 2.05) is 18.5 Å². The van der Waals surface area contributed by atoms with Crippen molar-refractivity contribution in [2.75, 3.05) is 25.0 Å². The molecule has 1 fully saturated rings. The average Bonchev–Trinajstić information content (AvgIpc) is 2.87. The molecule has 0 spiro atoms. The van der Waals surface area contributed by atoms with E-state index in [0.29, 0.717) is 6.04 Å². The van der Waals surface area contributed by atoms with Gasteiger partial charge in [-0.1, -0.05) is 0 Å². The maximum Gasteiger partial charge on any atom is 0.160 e. The van der Waals surface area contributed by atoms with Gasteiger partial charge in [0.1, 0.15) is 0 Å². The fourth-order valence-electron chi connectivity index (χ4n) is 2.52. The second kappa shape index (κ2) is 5.59. The lowest BCUT2D eigenvalue weighted by Crippen LogP contribution is -2.41. The SMILES string of the molecule is CN(c1cncc2ccoc12)C1CCNCC1.Cl. The molecule has 1 aliphatic rings. The van der Waals surface area contributed by atoms with E-state index < -0.39 is 0 Å². The molecule has 3 heterocycles. The van der Waals surface area contributed by atoms with E-state index in [0.717, 1.165) is 29.7 Å². The van der Waals surface area contributed by atoms with Crippen molar-refractivity contribution in [2.24, 2.45) is 0 Å². The van der Waals surface area contributed by atoms with Crippen molar-refractivity contribution in [3.05, 3.63) is 24.7 Å². The molecular formula is C13H18ClN3O. The number of hydrogen-bond acceptors (Lipinski definition) is 4. The molecule has 98 valence electrons. The van der Waals surface area contributed by atoms with Gasteiger partial charge in [0.15, 0.2) is 5.58 Å². The zero-order chi connectivity index (χ0) is 11.7. The molecule has 0 radical (unpaired) electrons. The number of piperidine rings is 1. The standard InChI is InChI=1S/C13H17N3O.ClH/c1-16(11-2-5-14-6-3-11)12-9-15-8-10-4-7-17-13(10)12;/h4,7-9,11,14H,2-3,5-6H2,1H3;1H. The molecule has 2 aromatic heterocycles. The number of nitrogens with zero attached hydrogens (tertiary/aromatic N) is 2. The largest absolute Gasteiger partial charge is 0.462 e. The van der Waals surface area contributed by atoms with Gasteiger partial charge in [-0.25, -0.2) is 0 Å². The van der Waals surface area contributed by atoms with Crippen LogP contribution in [0.5, 0.6) is 0 Å². The molecule has 1 saturated heterocycles. The summed E-state index contributed by atoms with van der Waals surface area (Å²) in [6.07, 6.45) is 7.82. The van der Waals surface area contributed by atoms with Gasteiger partial charge in [-0.15, -0.1) is 12.4 Å². The summed E-state index contributed by atoms with van der Waals surface area (Å²) in [5, 5.41) is 4.46. The van der Waals surface area contributed by atoms with Crippen LogP contribution in [-0.4, -0.2) is 31.2 Å². The molecule has 0 unspecified atom stereocenters. The van der Waals surface area contributed by atoms with Gasteiger partial charge in [0.2, 0.25) is 0 Å². The number of pyridine rings is 1. The van der Waals surface area contributed by atoms with Gasteiger partial charge in [-0.2, -0.15) is 0 Å². The van der Waals surface area contributed by atoms with Gasteiger partial charge in [0, 0.05) is 24.7 Å². The third-order valence-electron chi connectivity index (χ3n) is 3.58. The summed E-state index contributed by atoms with van der Waals surface area (Å²) in [5.74, 6) is 0. The highest BCUT2D eigenvalue weighted by molar-refractivity contribution is 5.88. The monoisotopic (exact) mass is 267 g/mol. The first-order valence-corrected chi connectivity index (χ1v) is 6.11. The van der Waals surface area contributed by atoms with Crippen molar-refractivity contribution in [1.29, 1.82) is 0 Å². The molecule has 0 aromatic carbocycles. The molecule has 1 aliphatic heterocycles. The van der Waals surface area contributed by atoms with Crippen LogP contribution in [0.2, 0.25) is 0 Å². The quantitative estimate of drug-likeness (QED) is 0.907. The summed E-state index contributed by atoms with van der Waals surface area (Å²) in [6, 6.07) is 2.54. The van der Waals surface area contributed by atoms with E-state index in [9.17, 15) is 0 Å². The van der Waals surface area contributed by atoms with Crippen molar-refractivity contribution in [3.63, 3.8) is 0 Å². The van der Waals surface area contributed by atoms with Crippen molar-refractivity contribution >= 4 is 29.1 Å². The summed E-state index contributed by atoms with van der Waals surface area (Å²) in [5.41, 5.74) is 2.04. The fourth-order valence-corrected chi connectivity index (χ4v) is 2.52. The van der Waals surface area contributed by atoms with E-state index in [1.165, 1.54) is 12.8 Å². The highest BCUT2D eigenvalue weighted by Gasteiger charge is 2.20. The molecule has 0 bridgehead atoms. The van der Waals surface area contributed by atoms with Crippen molar-refractivity contribution in [2.45, 2.75) is 18.9 Å². The Labute approximate surface area is 113 Å². The van der Waals surface area contributed by atoms with Crippen LogP contribution in [-0.2, 0) is 0 Å². The van der Waals surface area contributed by atoms with Crippen LogP contribution in [0.25, 0.3) is 11.0 Å². The Kier molecular flexibility index (Phi) is 4.09. The van der Waals surface area contributed by atoms with E-state index in [2.05, 4.69) is 22.2 Å². The minimum atomic E-state index is 0. The second-order valence-corrected chi connectivity index (χ2v) is 4.59. The molecule has 18 heavy (non-hydrogen) atoms. The van der Waals surface area contributed by atoms with Crippen molar-refractivity contribution in [1.82, 2.24) is 10.3 Å². The van der Waals surface area contributed by atoms with E-state index in [-0.39, 0.29) is 12.4 Å². The van der Waals surface area contributed by atoms with Crippen LogP contribution in [0.1, 0.15) is 12.8 Å². The lowest BCUT2D eigenvalue weighted by atomic mass is 10.0. The molecule has 4 nitrogen and oxygen atoms in total. The van der Waals surface area contributed by atoms with Crippen LogP contribution in [0.15, 0.2) is 29.1 Å². The van der Waals surface area contributed by atoms with Gasteiger partial charge in [-0.05, 0) is 32.0 Å².